The number of nitrogens with zero attached hydrogens (tertiary/aromatic N) is 2. The number of hydrogen-bond donors (Lipinski definition) is 0. The minimum absolute atomic E-state index is 0.0942. The first-order valence-electron chi connectivity index (χ1n) is 8.99. The van der Waals surface area contributed by atoms with Crippen LogP contribution in [0.5, 0.6) is 0 Å². The third-order valence-corrected chi connectivity index (χ3v) is 4.55. The highest BCUT2D eigenvalue weighted by Gasteiger charge is 2.40. The molecular weight excluding hydrogens is 256 g/mol. The van der Waals surface area contributed by atoms with Crippen molar-refractivity contribution in [2.24, 2.45) is 0 Å². The van der Waals surface area contributed by atoms with Gasteiger partial charge in [-0.1, -0.05) is 36.4 Å². The van der Waals surface area contributed by atoms with Crippen LogP contribution in [0.25, 0.3) is 0 Å². The molecule has 2 heteroatoms. The molecule has 3 rings (SSSR count). The molecule has 2 nitrogen and oxygen atoms in total. The summed E-state index contributed by atoms with van der Waals surface area (Å²) in [5.74, 6) is 0. The first kappa shape index (κ1) is 10.7. The van der Waals surface area contributed by atoms with Gasteiger partial charge in [0.25, 0.3) is 0 Å². The summed E-state index contributed by atoms with van der Waals surface area (Å²) in [7, 11) is 0. The Morgan fingerprint density at radius 1 is 0.857 bits per heavy atom. The summed E-state index contributed by atoms with van der Waals surface area (Å²) in [6.45, 7) is 4.14. The van der Waals surface area contributed by atoms with Crippen molar-refractivity contribution >= 4 is 11.4 Å². The SMILES string of the molecule is [2H]C([2H])([2H])C1N(c2ccccc2)C(C)[C@H](C)N1c1ccccc1C. The van der Waals surface area contributed by atoms with E-state index in [1.807, 2.05) is 66.4 Å². The van der Waals surface area contributed by atoms with Gasteiger partial charge in [-0.3, -0.25) is 0 Å². The van der Waals surface area contributed by atoms with Gasteiger partial charge in [-0.2, -0.15) is 0 Å². The molecule has 0 N–H and O–H groups in total. The van der Waals surface area contributed by atoms with Crippen molar-refractivity contribution in [1.82, 2.24) is 0 Å². The van der Waals surface area contributed by atoms with Crippen LogP contribution in [0.4, 0.5) is 11.4 Å². The molecule has 0 saturated carbocycles. The molecule has 1 aliphatic heterocycles. The zero-order valence-corrected chi connectivity index (χ0v) is 12.8. The molecule has 0 bridgehead atoms. The highest BCUT2D eigenvalue weighted by molar-refractivity contribution is 5.61. The van der Waals surface area contributed by atoms with E-state index < -0.39 is 13.0 Å². The zero-order chi connectivity index (χ0) is 17.5. The lowest BCUT2D eigenvalue weighted by molar-refractivity contribution is 0.645. The van der Waals surface area contributed by atoms with Gasteiger partial charge < -0.3 is 9.80 Å². The van der Waals surface area contributed by atoms with Crippen LogP contribution in [0.15, 0.2) is 54.6 Å². The summed E-state index contributed by atoms with van der Waals surface area (Å²) in [6, 6.07) is 18.1. The minimum Gasteiger partial charge on any atom is -0.347 e. The molecule has 110 valence electrons. The number of hydrogen-bond acceptors (Lipinski definition) is 2. The Kier molecular flexibility index (Phi) is 2.78. The summed E-state index contributed by atoms with van der Waals surface area (Å²) >= 11 is 0. The van der Waals surface area contributed by atoms with Crippen molar-refractivity contribution in [2.75, 3.05) is 9.80 Å². The van der Waals surface area contributed by atoms with Crippen LogP contribution >= 0.6 is 0 Å². The van der Waals surface area contributed by atoms with Gasteiger partial charge in [0.1, 0.15) is 0 Å². The standard InChI is InChI=1S/C19H24N2/c1-14-10-8-9-13-19(14)21-16(3)15(2)20(17(21)4)18-11-6-5-7-12-18/h5-13,15-17H,1-4H3/t15?,16-,17?/m0/s1/i4D3. The maximum atomic E-state index is 8.19. The van der Waals surface area contributed by atoms with E-state index in [2.05, 4.69) is 18.7 Å². The molecule has 21 heavy (non-hydrogen) atoms. The van der Waals surface area contributed by atoms with Crippen molar-refractivity contribution in [3.8, 4) is 0 Å². The molecule has 1 aliphatic rings. The topological polar surface area (TPSA) is 6.48 Å². The lowest BCUT2D eigenvalue weighted by Gasteiger charge is -2.32. The van der Waals surface area contributed by atoms with E-state index in [4.69, 9.17) is 4.11 Å². The van der Waals surface area contributed by atoms with Gasteiger partial charge in [0, 0.05) is 27.6 Å². The van der Waals surface area contributed by atoms with Gasteiger partial charge in [0.15, 0.2) is 0 Å². The number of para-hydroxylation sites is 2. The van der Waals surface area contributed by atoms with Gasteiger partial charge in [0.05, 0.1) is 6.17 Å². The fourth-order valence-corrected chi connectivity index (χ4v) is 3.23. The van der Waals surface area contributed by atoms with E-state index in [0.717, 1.165) is 16.9 Å². The molecule has 2 unspecified atom stereocenters. The molecule has 2 aromatic carbocycles. The quantitative estimate of drug-likeness (QED) is 0.803. The van der Waals surface area contributed by atoms with Crippen LogP contribution in [-0.4, -0.2) is 18.2 Å². The normalized spacial score (nSPS) is 28.1. The summed E-state index contributed by atoms with van der Waals surface area (Å²) in [5, 5.41) is 0. The second kappa shape index (κ2) is 5.44. The molecule has 1 fully saturated rings. The molecule has 0 aromatic heterocycles. The fourth-order valence-electron chi connectivity index (χ4n) is 3.23. The lowest BCUT2D eigenvalue weighted by atomic mass is 10.1. The average molecular weight is 283 g/mol. The predicted octanol–water partition coefficient (Wildman–Crippen LogP) is 4.44. The maximum absolute atomic E-state index is 8.19. The molecule has 0 radical (unpaired) electrons. The maximum Gasteiger partial charge on any atom is 0.0994 e. The van der Waals surface area contributed by atoms with Crippen LogP contribution in [0.3, 0.4) is 0 Å². The van der Waals surface area contributed by atoms with Crippen molar-refractivity contribution < 1.29 is 4.11 Å². The Bertz CT molecular complexity index is 699. The van der Waals surface area contributed by atoms with Gasteiger partial charge >= 0.3 is 0 Å². The highest BCUT2D eigenvalue weighted by atomic mass is 15.4. The average Bonchev–Trinajstić information content (AvgIpc) is 2.81. The molecule has 0 amide bonds. The van der Waals surface area contributed by atoms with E-state index in [0.29, 0.717) is 0 Å². The van der Waals surface area contributed by atoms with Crippen molar-refractivity contribution in [1.29, 1.82) is 0 Å². The van der Waals surface area contributed by atoms with E-state index in [-0.39, 0.29) is 12.1 Å². The van der Waals surface area contributed by atoms with Crippen LogP contribution in [-0.2, 0) is 0 Å². The van der Waals surface area contributed by atoms with Crippen LogP contribution in [0.1, 0.15) is 30.4 Å². The van der Waals surface area contributed by atoms with Gasteiger partial charge in [-0.15, -0.1) is 0 Å². The third-order valence-electron chi connectivity index (χ3n) is 4.55. The number of rotatable bonds is 2. The van der Waals surface area contributed by atoms with Crippen LogP contribution < -0.4 is 9.80 Å². The second-order valence-electron chi connectivity index (χ2n) is 5.79. The Morgan fingerprint density at radius 3 is 2.14 bits per heavy atom. The molecule has 3 atom stereocenters. The second-order valence-corrected chi connectivity index (χ2v) is 5.79. The Labute approximate surface area is 132 Å². The van der Waals surface area contributed by atoms with Crippen molar-refractivity contribution in [3.63, 3.8) is 0 Å². The summed E-state index contributed by atoms with van der Waals surface area (Å²) in [6.07, 6.45) is -0.675. The summed E-state index contributed by atoms with van der Waals surface area (Å²) in [4.78, 5) is 4.12. The smallest absolute Gasteiger partial charge is 0.0994 e. The van der Waals surface area contributed by atoms with Gasteiger partial charge in [-0.25, -0.2) is 0 Å². The molecule has 0 aliphatic carbocycles. The molecule has 2 aromatic rings. The number of anilines is 2. The van der Waals surface area contributed by atoms with E-state index in [1.165, 1.54) is 0 Å². The van der Waals surface area contributed by atoms with E-state index in [1.54, 1.807) is 0 Å². The zero-order valence-electron chi connectivity index (χ0n) is 15.8. The number of aryl methyl sites for hydroxylation is 1. The first-order valence-corrected chi connectivity index (χ1v) is 7.49. The van der Waals surface area contributed by atoms with Crippen molar-refractivity contribution in [2.45, 2.75) is 45.9 Å². The Balaban J connectivity index is 2.14. The highest BCUT2D eigenvalue weighted by Crippen LogP contribution is 2.36. The van der Waals surface area contributed by atoms with E-state index in [9.17, 15) is 0 Å². The molecule has 1 heterocycles. The van der Waals surface area contributed by atoms with Gasteiger partial charge in [0.2, 0.25) is 0 Å². The van der Waals surface area contributed by atoms with Crippen LogP contribution in [0.2, 0.25) is 0 Å². The summed E-state index contributed by atoms with van der Waals surface area (Å²) < 4.78 is 24.6. The third kappa shape index (κ3) is 2.29. The Morgan fingerprint density at radius 2 is 1.48 bits per heavy atom. The monoisotopic (exact) mass is 283 g/mol. The molecule has 1 saturated heterocycles. The predicted molar refractivity (Wildman–Crippen MR) is 91.0 cm³/mol. The number of benzene rings is 2. The fraction of sp³-hybridized carbons (Fsp3) is 0.368. The molecule has 0 spiro atoms. The summed E-state index contributed by atoms with van der Waals surface area (Å²) in [5.41, 5.74) is 3.05. The van der Waals surface area contributed by atoms with Crippen LogP contribution in [0, 0.1) is 6.92 Å². The largest absolute Gasteiger partial charge is 0.347 e. The minimum atomic E-state index is -2.11. The molecular formula is C19H24N2. The Hall–Kier alpha value is -1.96. The van der Waals surface area contributed by atoms with Crippen molar-refractivity contribution in [3.05, 3.63) is 60.2 Å². The van der Waals surface area contributed by atoms with E-state index >= 15 is 0 Å². The first-order chi connectivity index (χ1) is 11.3. The lowest BCUT2D eigenvalue weighted by Crippen LogP contribution is -2.38. The van der Waals surface area contributed by atoms with Gasteiger partial charge in [-0.05, 0) is 51.4 Å².